The number of aromatic nitrogens is 2. The zero-order valence-electron chi connectivity index (χ0n) is 19.9. The van der Waals surface area contributed by atoms with Crippen molar-refractivity contribution in [2.24, 2.45) is 5.92 Å². The molecule has 1 fully saturated rings. The molecule has 0 spiro atoms. The molecule has 0 aliphatic heterocycles. The predicted molar refractivity (Wildman–Crippen MR) is 134 cm³/mol. The first-order chi connectivity index (χ1) is 16.6. The number of nitrogens with zero attached hydrogens (tertiary/aromatic N) is 2. The van der Waals surface area contributed by atoms with E-state index >= 15 is 0 Å². The van der Waals surface area contributed by atoms with Gasteiger partial charge < -0.3 is 9.72 Å². The molecule has 34 heavy (non-hydrogen) atoms. The number of sulfonamides is 1. The highest BCUT2D eigenvalue weighted by Crippen LogP contribution is 2.36. The van der Waals surface area contributed by atoms with E-state index in [0.717, 1.165) is 49.8 Å². The van der Waals surface area contributed by atoms with Crippen LogP contribution in [0, 0.1) is 5.92 Å². The van der Waals surface area contributed by atoms with E-state index in [4.69, 9.17) is 4.74 Å². The molecule has 182 valence electrons. The number of nitrogens with one attached hydrogen (secondary N) is 1. The Labute approximate surface area is 203 Å². The topological polar surface area (TPSA) is 75.3 Å². The van der Waals surface area contributed by atoms with Gasteiger partial charge in [-0.3, -0.25) is 0 Å². The highest BCUT2D eigenvalue weighted by molar-refractivity contribution is 7.89. The molecule has 1 N–H and O–H groups in total. The van der Waals surface area contributed by atoms with Gasteiger partial charge in [0.2, 0.25) is 10.0 Å². The van der Waals surface area contributed by atoms with E-state index in [2.05, 4.69) is 16.9 Å². The smallest absolute Gasteiger partial charge is 0.244 e. The van der Waals surface area contributed by atoms with Crippen molar-refractivity contribution in [2.45, 2.75) is 62.8 Å². The lowest BCUT2D eigenvalue weighted by Crippen LogP contribution is -2.39. The van der Waals surface area contributed by atoms with Crippen LogP contribution in [-0.2, 0) is 10.0 Å². The van der Waals surface area contributed by atoms with Crippen LogP contribution in [-0.4, -0.2) is 35.8 Å². The van der Waals surface area contributed by atoms with Crippen LogP contribution in [0.25, 0.3) is 0 Å². The van der Waals surface area contributed by atoms with Gasteiger partial charge >= 0.3 is 0 Å². The summed E-state index contributed by atoms with van der Waals surface area (Å²) in [5, 5.41) is 0. The van der Waals surface area contributed by atoms with E-state index in [-0.39, 0.29) is 4.90 Å². The molecule has 0 bridgehead atoms. The lowest BCUT2D eigenvalue weighted by Gasteiger charge is -2.34. The number of aromatic amines is 1. The number of ether oxygens (including phenoxy) is 1. The summed E-state index contributed by atoms with van der Waals surface area (Å²) in [5.74, 6) is 1.04. The zero-order chi connectivity index (χ0) is 23.8. The van der Waals surface area contributed by atoms with E-state index in [1.807, 2.05) is 30.3 Å². The van der Waals surface area contributed by atoms with Gasteiger partial charge in [-0.1, -0.05) is 62.9 Å². The number of imidazole rings is 1. The first-order valence-electron chi connectivity index (χ1n) is 12.4. The van der Waals surface area contributed by atoms with E-state index in [0.29, 0.717) is 24.8 Å². The molecular formula is C27H35N3O3S. The van der Waals surface area contributed by atoms with E-state index in [9.17, 15) is 8.42 Å². The van der Waals surface area contributed by atoms with Crippen LogP contribution in [0.2, 0.25) is 0 Å². The molecule has 7 heteroatoms. The maximum Gasteiger partial charge on any atom is 0.244 e. The average Bonchev–Trinajstić information content (AvgIpc) is 3.40. The molecule has 3 aromatic rings. The Morgan fingerprint density at radius 3 is 2.44 bits per heavy atom. The standard InChI is InChI=1S/C27H35N3O3S/c1-2-3-18-33-24-14-16-25(17-15-24)34(31,32)30(20-22-10-6-4-7-11-22)27(26-19-28-21-29-26)23-12-8-5-9-13-23/h5,8-9,12-17,19,21-22,27H,2-4,6-7,10-11,18,20H2,1H3,(H,28,29). The molecule has 4 rings (SSSR count). The van der Waals surface area contributed by atoms with Crippen molar-refractivity contribution in [1.82, 2.24) is 14.3 Å². The molecule has 0 saturated heterocycles. The monoisotopic (exact) mass is 481 g/mol. The molecular weight excluding hydrogens is 446 g/mol. The van der Waals surface area contributed by atoms with Crippen LogP contribution in [0.4, 0.5) is 0 Å². The summed E-state index contributed by atoms with van der Waals surface area (Å²) in [5.41, 5.74) is 1.69. The number of unbranched alkanes of at least 4 members (excludes halogenated alkanes) is 1. The third-order valence-electron chi connectivity index (χ3n) is 6.58. The predicted octanol–water partition coefficient (Wildman–Crippen LogP) is 5.95. The van der Waals surface area contributed by atoms with Gasteiger partial charge in [-0.25, -0.2) is 13.4 Å². The Hall–Kier alpha value is -2.64. The molecule has 2 aromatic carbocycles. The Balaban J connectivity index is 1.71. The molecule has 1 atom stereocenters. The quantitative estimate of drug-likeness (QED) is 0.343. The third-order valence-corrected chi connectivity index (χ3v) is 8.42. The molecule has 1 unspecified atom stereocenters. The number of hydrogen-bond acceptors (Lipinski definition) is 4. The minimum atomic E-state index is -3.79. The van der Waals surface area contributed by atoms with E-state index < -0.39 is 16.1 Å². The lowest BCUT2D eigenvalue weighted by molar-refractivity contribution is 0.254. The van der Waals surface area contributed by atoms with Gasteiger partial charge in [-0.05, 0) is 55.0 Å². The second-order valence-electron chi connectivity index (χ2n) is 9.07. The molecule has 1 saturated carbocycles. The molecule has 6 nitrogen and oxygen atoms in total. The van der Waals surface area contributed by atoms with Crippen LogP contribution < -0.4 is 4.74 Å². The van der Waals surface area contributed by atoms with Crippen LogP contribution in [0.1, 0.15) is 69.2 Å². The summed E-state index contributed by atoms with van der Waals surface area (Å²) in [6, 6.07) is 16.2. The van der Waals surface area contributed by atoms with E-state index in [1.165, 1.54) is 6.42 Å². The van der Waals surface area contributed by atoms with E-state index in [1.54, 1.807) is 41.1 Å². The van der Waals surface area contributed by atoms with Crippen LogP contribution in [0.5, 0.6) is 5.75 Å². The van der Waals surface area contributed by atoms with Gasteiger partial charge in [0.15, 0.2) is 0 Å². The summed E-state index contributed by atoms with van der Waals surface area (Å²) in [6.45, 7) is 3.23. The van der Waals surface area contributed by atoms with Gasteiger partial charge in [-0.15, -0.1) is 0 Å². The molecule has 1 heterocycles. The summed E-state index contributed by atoms with van der Waals surface area (Å²) >= 11 is 0. The Morgan fingerprint density at radius 1 is 1.06 bits per heavy atom. The second-order valence-corrected chi connectivity index (χ2v) is 11.0. The maximum absolute atomic E-state index is 14.1. The summed E-state index contributed by atoms with van der Waals surface area (Å²) in [4.78, 5) is 7.67. The highest BCUT2D eigenvalue weighted by atomic mass is 32.2. The van der Waals surface area contributed by atoms with Crippen molar-refractivity contribution in [3.8, 4) is 5.75 Å². The number of hydrogen-bond donors (Lipinski definition) is 1. The van der Waals surface area contributed by atoms with Crippen molar-refractivity contribution < 1.29 is 13.2 Å². The number of H-pyrrole nitrogens is 1. The molecule has 0 radical (unpaired) electrons. The minimum absolute atomic E-state index is 0.284. The average molecular weight is 482 g/mol. The van der Waals surface area contributed by atoms with Crippen LogP contribution >= 0.6 is 0 Å². The normalized spacial score (nSPS) is 15.9. The first-order valence-corrected chi connectivity index (χ1v) is 13.8. The second kappa shape index (κ2) is 11.7. The largest absolute Gasteiger partial charge is 0.494 e. The fraction of sp³-hybridized carbons (Fsp3) is 0.444. The maximum atomic E-state index is 14.1. The number of rotatable bonds is 11. The fourth-order valence-corrected chi connectivity index (χ4v) is 6.37. The minimum Gasteiger partial charge on any atom is -0.494 e. The van der Waals surface area contributed by atoms with Crippen molar-refractivity contribution in [2.75, 3.05) is 13.2 Å². The highest BCUT2D eigenvalue weighted by Gasteiger charge is 2.36. The lowest BCUT2D eigenvalue weighted by atomic mass is 9.89. The molecule has 0 amide bonds. The van der Waals surface area contributed by atoms with Crippen molar-refractivity contribution in [3.63, 3.8) is 0 Å². The first kappa shape index (κ1) is 24.5. The van der Waals surface area contributed by atoms with Crippen molar-refractivity contribution in [3.05, 3.63) is 78.4 Å². The summed E-state index contributed by atoms with van der Waals surface area (Å²) < 4.78 is 35.7. The Kier molecular flexibility index (Phi) is 8.40. The van der Waals surface area contributed by atoms with Gasteiger partial charge in [0.1, 0.15) is 5.75 Å². The van der Waals surface area contributed by atoms with Crippen LogP contribution in [0.15, 0.2) is 72.0 Å². The van der Waals surface area contributed by atoms with Crippen molar-refractivity contribution >= 4 is 10.0 Å². The molecule has 1 aliphatic rings. The summed E-state index contributed by atoms with van der Waals surface area (Å²) in [6.07, 6.45) is 11.0. The Bertz CT molecular complexity index is 1090. The third kappa shape index (κ3) is 5.88. The van der Waals surface area contributed by atoms with Crippen molar-refractivity contribution in [1.29, 1.82) is 0 Å². The summed E-state index contributed by atoms with van der Waals surface area (Å²) in [7, 11) is -3.79. The zero-order valence-corrected chi connectivity index (χ0v) is 20.7. The molecule has 1 aromatic heterocycles. The molecule has 1 aliphatic carbocycles. The van der Waals surface area contributed by atoms with Gasteiger partial charge in [0.25, 0.3) is 0 Å². The SMILES string of the molecule is CCCCOc1ccc(S(=O)(=O)N(CC2CCCCC2)C(c2ccccc2)c2cnc[nH]2)cc1. The Morgan fingerprint density at radius 2 is 1.79 bits per heavy atom. The van der Waals surface area contributed by atoms with Gasteiger partial charge in [0, 0.05) is 12.7 Å². The van der Waals surface area contributed by atoms with Gasteiger partial charge in [-0.2, -0.15) is 4.31 Å². The fourth-order valence-electron chi connectivity index (χ4n) is 4.70. The van der Waals surface area contributed by atoms with Gasteiger partial charge in [0.05, 0.1) is 29.6 Å². The number of benzene rings is 2. The van der Waals surface area contributed by atoms with Crippen LogP contribution in [0.3, 0.4) is 0 Å².